The molecule has 0 aliphatic rings. The van der Waals surface area contributed by atoms with Crippen LogP contribution in [-0.4, -0.2) is 76.0 Å². The van der Waals surface area contributed by atoms with Gasteiger partial charge >= 0.3 is 23.7 Å². The van der Waals surface area contributed by atoms with Gasteiger partial charge in [-0.3, -0.25) is 9.59 Å². The van der Waals surface area contributed by atoms with E-state index in [0.717, 1.165) is 0 Å². The zero-order valence-electron chi connectivity index (χ0n) is 14.9. The Morgan fingerprint density at radius 2 is 0.964 bits per heavy atom. The second kappa shape index (κ2) is 10.2. The first-order chi connectivity index (χ1) is 12.7. The molecule has 0 heterocycles. The summed E-state index contributed by atoms with van der Waals surface area (Å²) < 4.78 is 118. The third-order valence-corrected chi connectivity index (χ3v) is 3.37. The van der Waals surface area contributed by atoms with E-state index in [0.29, 0.717) is 0 Å². The van der Waals surface area contributed by atoms with Gasteiger partial charge in [-0.25, -0.2) is 0 Å². The highest BCUT2D eigenvalue weighted by molar-refractivity contribution is 5.87. The first-order valence-electron chi connectivity index (χ1n) is 7.77. The molecule has 0 radical (unpaired) electrons. The fraction of sp³-hybridized carbons (Fsp3) is 0.857. The van der Waals surface area contributed by atoms with Gasteiger partial charge in [-0.05, 0) is 12.8 Å². The van der Waals surface area contributed by atoms with Crippen LogP contribution in [0, 0.1) is 0 Å². The summed E-state index contributed by atoms with van der Waals surface area (Å²) in [5.41, 5.74) is 0. The van der Waals surface area contributed by atoms with Gasteiger partial charge in [0.15, 0.2) is 0 Å². The number of ether oxygens (including phenoxy) is 2. The number of amides is 2. The largest absolute Gasteiger partial charge is 0.392 e. The van der Waals surface area contributed by atoms with Crippen molar-refractivity contribution in [2.24, 2.45) is 0 Å². The average molecular weight is 432 g/mol. The molecule has 0 unspecified atom stereocenters. The van der Waals surface area contributed by atoms with Crippen molar-refractivity contribution in [3.8, 4) is 0 Å². The highest BCUT2D eigenvalue weighted by Gasteiger charge is 2.84. The summed E-state index contributed by atoms with van der Waals surface area (Å²) in [7, 11) is 2.40. The van der Waals surface area contributed by atoms with Gasteiger partial charge in [-0.1, -0.05) is 0 Å². The molecule has 0 bridgehead atoms. The maximum atomic E-state index is 13.6. The van der Waals surface area contributed by atoms with Crippen molar-refractivity contribution < 1.29 is 54.2 Å². The van der Waals surface area contributed by atoms with Crippen LogP contribution in [-0.2, 0) is 19.1 Å². The van der Waals surface area contributed by atoms with Crippen molar-refractivity contribution in [3.05, 3.63) is 0 Å². The summed E-state index contributed by atoms with van der Waals surface area (Å²) in [5, 5.41) is 2.45. The molecule has 0 spiro atoms. The summed E-state index contributed by atoms with van der Waals surface area (Å²) in [6.45, 7) is -1.50. The minimum Gasteiger partial charge on any atom is -0.385 e. The van der Waals surface area contributed by atoms with Gasteiger partial charge < -0.3 is 20.1 Å². The molecule has 0 aliphatic heterocycles. The Hall–Kier alpha value is -1.70. The molecule has 2 N–H and O–H groups in total. The molecule has 0 aromatic carbocycles. The van der Waals surface area contributed by atoms with E-state index in [9.17, 15) is 44.7 Å². The molecule has 0 aromatic heterocycles. The Balaban J connectivity index is 5.39. The molecule has 0 saturated carbocycles. The molecule has 0 aliphatic carbocycles. The number of hydrogen-bond donors (Lipinski definition) is 2. The molecule has 14 heteroatoms. The van der Waals surface area contributed by atoms with Gasteiger partial charge in [-0.15, -0.1) is 0 Å². The lowest BCUT2D eigenvalue weighted by Gasteiger charge is -2.35. The standard InChI is InChI=1S/C14H20F8N2O4/c1-27-7-3-5-23-9(25)11(15,16)13(19,20)14(21,22)12(17,18)10(26)24-6-4-8-28-2/h3-8H2,1-2H3,(H,23,25)(H,24,26). The number of hydrogen-bond acceptors (Lipinski definition) is 4. The van der Waals surface area contributed by atoms with Gasteiger partial charge in [0.25, 0.3) is 11.8 Å². The second-order valence-electron chi connectivity index (χ2n) is 5.50. The van der Waals surface area contributed by atoms with Crippen LogP contribution in [0.3, 0.4) is 0 Å². The van der Waals surface area contributed by atoms with E-state index in [1.807, 2.05) is 0 Å². The SMILES string of the molecule is COCCCNC(=O)C(F)(F)C(F)(F)C(F)(F)C(F)(F)C(=O)NCCCOC. The molecule has 0 aromatic rings. The number of halogens is 8. The molecule has 28 heavy (non-hydrogen) atoms. The maximum Gasteiger partial charge on any atom is 0.392 e. The van der Waals surface area contributed by atoms with Crippen molar-refractivity contribution >= 4 is 11.8 Å². The van der Waals surface area contributed by atoms with Crippen LogP contribution in [0.2, 0.25) is 0 Å². The van der Waals surface area contributed by atoms with Crippen LogP contribution in [0.25, 0.3) is 0 Å². The van der Waals surface area contributed by atoms with Gasteiger partial charge in [0, 0.05) is 40.5 Å². The topological polar surface area (TPSA) is 76.7 Å². The normalized spacial score (nSPS) is 13.4. The van der Waals surface area contributed by atoms with E-state index in [1.54, 1.807) is 0 Å². The summed E-state index contributed by atoms with van der Waals surface area (Å²) in [4.78, 5) is 22.4. The van der Waals surface area contributed by atoms with Crippen LogP contribution >= 0.6 is 0 Å². The number of methoxy groups -OCH3 is 2. The third-order valence-electron chi connectivity index (χ3n) is 3.37. The molecule has 6 nitrogen and oxygen atoms in total. The molecule has 166 valence electrons. The number of alkyl halides is 8. The minimum absolute atomic E-state index is 0.0836. The van der Waals surface area contributed by atoms with Crippen molar-refractivity contribution in [2.75, 3.05) is 40.5 Å². The Morgan fingerprint density at radius 1 is 0.679 bits per heavy atom. The van der Waals surface area contributed by atoms with Gasteiger partial charge in [0.05, 0.1) is 0 Å². The summed E-state index contributed by atoms with van der Waals surface area (Å²) in [6.07, 6.45) is -0.277. The molecule has 0 rings (SSSR count). The number of carbonyl (C=O) groups excluding carboxylic acids is 2. The first-order valence-corrected chi connectivity index (χ1v) is 7.77. The molecule has 0 saturated heterocycles. The highest BCUT2D eigenvalue weighted by Crippen LogP contribution is 2.52. The van der Waals surface area contributed by atoms with Crippen molar-refractivity contribution in [2.45, 2.75) is 36.5 Å². The van der Waals surface area contributed by atoms with Gasteiger partial charge in [0.1, 0.15) is 0 Å². The molecular formula is C14H20F8N2O4. The molecule has 2 amide bonds. The first kappa shape index (κ1) is 26.3. The lowest BCUT2D eigenvalue weighted by molar-refractivity contribution is -0.347. The third kappa shape index (κ3) is 5.43. The fourth-order valence-electron chi connectivity index (χ4n) is 1.74. The number of nitrogens with one attached hydrogen (secondary N) is 2. The van der Waals surface area contributed by atoms with Crippen LogP contribution in [0.5, 0.6) is 0 Å². The summed E-state index contributed by atoms with van der Waals surface area (Å²) in [6, 6.07) is 0. The van der Waals surface area contributed by atoms with Crippen molar-refractivity contribution in [1.29, 1.82) is 0 Å². The lowest BCUT2D eigenvalue weighted by Crippen LogP contribution is -2.69. The van der Waals surface area contributed by atoms with Crippen LogP contribution < -0.4 is 10.6 Å². The second-order valence-corrected chi connectivity index (χ2v) is 5.50. The fourth-order valence-corrected chi connectivity index (χ4v) is 1.74. The van der Waals surface area contributed by atoms with E-state index in [1.165, 1.54) is 24.9 Å². The zero-order chi connectivity index (χ0) is 22.2. The van der Waals surface area contributed by atoms with Crippen LogP contribution in [0.1, 0.15) is 12.8 Å². The van der Waals surface area contributed by atoms with Crippen molar-refractivity contribution in [1.82, 2.24) is 10.6 Å². The summed E-state index contributed by atoms with van der Waals surface area (Å²) in [5.74, 6) is -32.0. The molecule has 0 fully saturated rings. The number of rotatable bonds is 13. The minimum atomic E-state index is -6.88. The van der Waals surface area contributed by atoms with E-state index in [4.69, 9.17) is 0 Å². The predicted molar refractivity (Wildman–Crippen MR) is 78.8 cm³/mol. The predicted octanol–water partition coefficient (Wildman–Crippen LogP) is 1.83. The molecule has 0 atom stereocenters. The van der Waals surface area contributed by atoms with Gasteiger partial charge in [-0.2, -0.15) is 35.1 Å². The quantitative estimate of drug-likeness (QED) is 0.344. The van der Waals surface area contributed by atoms with E-state index < -0.39 is 48.6 Å². The van der Waals surface area contributed by atoms with Gasteiger partial charge in [0.2, 0.25) is 0 Å². The average Bonchev–Trinajstić information content (AvgIpc) is 2.61. The smallest absolute Gasteiger partial charge is 0.385 e. The summed E-state index contributed by atoms with van der Waals surface area (Å²) >= 11 is 0. The zero-order valence-corrected chi connectivity index (χ0v) is 14.9. The monoisotopic (exact) mass is 432 g/mol. The Morgan fingerprint density at radius 3 is 1.21 bits per heavy atom. The van der Waals surface area contributed by atoms with Crippen molar-refractivity contribution in [3.63, 3.8) is 0 Å². The van der Waals surface area contributed by atoms with Crippen LogP contribution in [0.4, 0.5) is 35.1 Å². The van der Waals surface area contributed by atoms with E-state index in [2.05, 4.69) is 9.47 Å². The number of carbonyl (C=O) groups is 2. The Kier molecular flexibility index (Phi) is 9.57. The van der Waals surface area contributed by atoms with Crippen LogP contribution in [0.15, 0.2) is 0 Å². The van der Waals surface area contributed by atoms with E-state index >= 15 is 0 Å². The molecular weight excluding hydrogens is 412 g/mol. The Bertz CT molecular complexity index is 485. The maximum absolute atomic E-state index is 13.6. The Labute approximate surface area is 154 Å². The highest BCUT2D eigenvalue weighted by atomic mass is 19.4. The lowest BCUT2D eigenvalue weighted by atomic mass is 9.97. The van der Waals surface area contributed by atoms with E-state index in [-0.39, 0.29) is 26.1 Å².